The Kier molecular flexibility index (Phi) is 3.04. The Labute approximate surface area is 89.1 Å². The van der Waals surface area contributed by atoms with Gasteiger partial charge < -0.3 is 5.11 Å². The van der Waals surface area contributed by atoms with E-state index in [4.69, 9.17) is 0 Å². The fourth-order valence-electron chi connectivity index (χ4n) is 1.89. The van der Waals surface area contributed by atoms with Gasteiger partial charge in [-0.2, -0.15) is 0 Å². The molecule has 0 aromatic carbocycles. The lowest BCUT2D eigenvalue weighted by Crippen LogP contribution is -2.02. The monoisotopic (exact) mass is 208 g/mol. The van der Waals surface area contributed by atoms with E-state index in [-0.39, 0.29) is 6.10 Å². The lowest BCUT2D eigenvalue weighted by molar-refractivity contribution is 0.212. The van der Waals surface area contributed by atoms with Crippen LogP contribution in [0.15, 0.2) is 23.8 Å². The number of hydrogen-bond acceptors (Lipinski definition) is 2. The molecule has 0 saturated carbocycles. The first-order valence-corrected chi connectivity index (χ1v) is 6.02. The van der Waals surface area contributed by atoms with Gasteiger partial charge in [0.05, 0.1) is 0 Å². The summed E-state index contributed by atoms with van der Waals surface area (Å²) in [6.07, 6.45) is 6.58. The molecule has 1 aromatic rings. The molecule has 0 spiro atoms. The van der Waals surface area contributed by atoms with Crippen molar-refractivity contribution in [1.82, 2.24) is 0 Å². The van der Waals surface area contributed by atoms with Crippen LogP contribution < -0.4 is 0 Å². The maximum absolute atomic E-state index is 10.1. The van der Waals surface area contributed by atoms with E-state index in [1.165, 1.54) is 23.3 Å². The van der Waals surface area contributed by atoms with Gasteiger partial charge in [0.1, 0.15) is 6.10 Å². The normalized spacial score (nSPS) is 19.1. The molecule has 1 atom stereocenters. The van der Waals surface area contributed by atoms with Crippen molar-refractivity contribution >= 4 is 11.3 Å². The van der Waals surface area contributed by atoms with Crippen LogP contribution in [0.2, 0.25) is 0 Å². The number of aryl methyl sites for hydroxylation is 1. The number of aliphatic hydroxyl groups excluding tert-OH is 1. The Bertz CT molecular complexity index is 338. The SMILES string of the molecule is Cc1ccc(C(O)C2=CCCCC2)s1. The molecule has 0 bridgehead atoms. The molecule has 0 saturated heterocycles. The molecular weight excluding hydrogens is 192 g/mol. The van der Waals surface area contributed by atoms with Gasteiger partial charge in [0, 0.05) is 9.75 Å². The van der Waals surface area contributed by atoms with Crippen molar-refractivity contribution in [2.24, 2.45) is 0 Å². The molecule has 2 heteroatoms. The summed E-state index contributed by atoms with van der Waals surface area (Å²) >= 11 is 1.70. The van der Waals surface area contributed by atoms with E-state index in [1.807, 2.05) is 6.07 Å². The largest absolute Gasteiger partial charge is 0.383 e. The molecule has 1 aliphatic carbocycles. The van der Waals surface area contributed by atoms with Gasteiger partial charge in [0.15, 0.2) is 0 Å². The summed E-state index contributed by atoms with van der Waals surface area (Å²) in [6.45, 7) is 2.08. The van der Waals surface area contributed by atoms with E-state index < -0.39 is 0 Å². The first kappa shape index (κ1) is 9.94. The summed E-state index contributed by atoms with van der Waals surface area (Å²) in [6, 6.07) is 4.12. The van der Waals surface area contributed by atoms with Gasteiger partial charge in [-0.05, 0) is 50.3 Å². The number of hydrogen-bond donors (Lipinski definition) is 1. The van der Waals surface area contributed by atoms with Crippen LogP contribution in [0, 0.1) is 6.92 Å². The van der Waals surface area contributed by atoms with Crippen molar-refractivity contribution in [2.75, 3.05) is 0 Å². The van der Waals surface area contributed by atoms with Crippen LogP contribution >= 0.6 is 11.3 Å². The maximum atomic E-state index is 10.1. The molecule has 1 N–H and O–H groups in total. The van der Waals surface area contributed by atoms with Crippen LogP contribution in [-0.2, 0) is 0 Å². The predicted molar refractivity (Wildman–Crippen MR) is 60.6 cm³/mol. The number of allylic oxidation sites excluding steroid dienone is 1. The zero-order valence-electron chi connectivity index (χ0n) is 8.49. The van der Waals surface area contributed by atoms with Gasteiger partial charge in [-0.25, -0.2) is 0 Å². The second kappa shape index (κ2) is 4.28. The van der Waals surface area contributed by atoms with E-state index in [9.17, 15) is 5.11 Å². The van der Waals surface area contributed by atoms with E-state index in [0.717, 1.165) is 17.7 Å². The smallest absolute Gasteiger partial charge is 0.109 e. The Morgan fingerprint density at radius 2 is 2.21 bits per heavy atom. The summed E-state index contributed by atoms with van der Waals surface area (Å²) in [5.74, 6) is 0. The molecule has 1 unspecified atom stereocenters. The third kappa shape index (κ3) is 2.07. The summed E-state index contributed by atoms with van der Waals surface area (Å²) in [5.41, 5.74) is 1.22. The highest BCUT2D eigenvalue weighted by atomic mass is 32.1. The Hall–Kier alpha value is -0.600. The molecule has 0 amide bonds. The van der Waals surface area contributed by atoms with Crippen molar-refractivity contribution in [3.8, 4) is 0 Å². The van der Waals surface area contributed by atoms with E-state index >= 15 is 0 Å². The fourth-order valence-corrected chi connectivity index (χ4v) is 2.80. The zero-order chi connectivity index (χ0) is 9.97. The highest BCUT2D eigenvalue weighted by Crippen LogP contribution is 2.32. The van der Waals surface area contributed by atoms with Gasteiger partial charge >= 0.3 is 0 Å². The van der Waals surface area contributed by atoms with Crippen LogP contribution in [0.4, 0.5) is 0 Å². The summed E-state index contributed by atoms with van der Waals surface area (Å²) in [7, 11) is 0. The topological polar surface area (TPSA) is 20.2 Å². The van der Waals surface area contributed by atoms with E-state index in [2.05, 4.69) is 19.1 Å². The molecule has 1 aliphatic rings. The van der Waals surface area contributed by atoms with Crippen molar-refractivity contribution in [3.63, 3.8) is 0 Å². The Morgan fingerprint density at radius 1 is 1.36 bits per heavy atom. The van der Waals surface area contributed by atoms with Gasteiger partial charge in [0.25, 0.3) is 0 Å². The average Bonchev–Trinajstić information content (AvgIpc) is 2.65. The number of rotatable bonds is 2. The zero-order valence-corrected chi connectivity index (χ0v) is 9.31. The summed E-state index contributed by atoms with van der Waals surface area (Å²) in [5, 5.41) is 10.1. The minimum Gasteiger partial charge on any atom is -0.383 e. The van der Waals surface area contributed by atoms with Gasteiger partial charge in [0.2, 0.25) is 0 Å². The third-order valence-corrected chi connectivity index (χ3v) is 3.76. The highest BCUT2D eigenvalue weighted by molar-refractivity contribution is 7.12. The lowest BCUT2D eigenvalue weighted by Gasteiger charge is -2.17. The summed E-state index contributed by atoms with van der Waals surface area (Å²) in [4.78, 5) is 2.37. The quantitative estimate of drug-likeness (QED) is 0.736. The van der Waals surface area contributed by atoms with Crippen molar-refractivity contribution in [3.05, 3.63) is 33.5 Å². The molecule has 76 valence electrons. The minimum absolute atomic E-state index is 0.339. The first-order chi connectivity index (χ1) is 6.77. The molecule has 0 fully saturated rings. The second-order valence-corrected chi connectivity index (χ2v) is 5.20. The predicted octanol–water partition coefficient (Wildman–Crippen LogP) is 3.59. The molecule has 2 rings (SSSR count). The highest BCUT2D eigenvalue weighted by Gasteiger charge is 2.16. The molecule has 1 heterocycles. The Balaban J connectivity index is 2.14. The van der Waals surface area contributed by atoms with E-state index in [0.29, 0.717) is 0 Å². The second-order valence-electron chi connectivity index (χ2n) is 3.88. The van der Waals surface area contributed by atoms with Crippen molar-refractivity contribution in [1.29, 1.82) is 0 Å². The van der Waals surface area contributed by atoms with Gasteiger partial charge in [-0.1, -0.05) is 6.08 Å². The van der Waals surface area contributed by atoms with E-state index in [1.54, 1.807) is 11.3 Å². The molecule has 0 aliphatic heterocycles. The molecule has 1 nitrogen and oxygen atoms in total. The standard InChI is InChI=1S/C12H16OS/c1-9-7-8-11(14-9)12(13)10-5-3-2-4-6-10/h5,7-8,12-13H,2-4,6H2,1H3. The van der Waals surface area contributed by atoms with Crippen LogP contribution in [0.25, 0.3) is 0 Å². The fraction of sp³-hybridized carbons (Fsp3) is 0.500. The first-order valence-electron chi connectivity index (χ1n) is 5.20. The molecule has 0 radical (unpaired) electrons. The molecular formula is C12H16OS. The summed E-state index contributed by atoms with van der Waals surface area (Å²) < 4.78 is 0. The van der Waals surface area contributed by atoms with Gasteiger partial charge in [-0.15, -0.1) is 11.3 Å². The molecule has 1 aromatic heterocycles. The van der Waals surface area contributed by atoms with Crippen molar-refractivity contribution < 1.29 is 5.11 Å². The average molecular weight is 208 g/mol. The third-order valence-electron chi connectivity index (χ3n) is 2.71. The van der Waals surface area contributed by atoms with Crippen LogP contribution in [0.3, 0.4) is 0 Å². The van der Waals surface area contributed by atoms with Crippen LogP contribution in [0.5, 0.6) is 0 Å². The Morgan fingerprint density at radius 3 is 2.79 bits per heavy atom. The van der Waals surface area contributed by atoms with Crippen molar-refractivity contribution in [2.45, 2.75) is 38.7 Å². The molecule has 14 heavy (non-hydrogen) atoms. The number of aliphatic hydroxyl groups is 1. The van der Waals surface area contributed by atoms with Gasteiger partial charge in [-0.3, -0.25) is 0 Å². The van der Waals surface area contributed by atoms with Crippen LogP contribution in [0.1, 0.15) is 41.5 Å². The maximum Gasteiger partial charge on any atom is 0.109 e. The lowest BCUT2D eigenvalue weighted by atomic mass is 9.95. The van der Waals surface area contributed by atoms with Crippen LogP contribution in [-0.4, -0.2) is 5.11 Å². The minimum atomic E-state index is -0.339. The number of thiophene rings is 1.